The number of pyridine rings is 1. The Labute approximate surface area is 213 Å². The number of rotatable bonds is 6. The molecule has 2 aromatic carbocycles. The first-order chi connectivity index (χ1) is 17.9. The van der Waals surface area contributed by atoms with Crippen molar-refractivity contribution in [3.8, 4) is 28.8 Å². The van der Waals surface area contributed by atoms with Crippen LogP contribution in [0.4, 0.5) is 0 Å². The van der Waals surface area contributed by atoms with Gasteiger partial charge in [0.15, 0.2) is 17.1 Å². The standard InChI is InChI=1S/C29H23N5O3/c1-4-28(35)37-29(2,3)16-14-20-10-11-22-24(18-20)30-17-15-25(22)36-19-27-32-31-26-13-12-23(33-34(26)27)21-8-6-5-7-9-21/h4-13,15,17-18H,1,19H2,2-3H3. The van der Waals surface area contributed by atoms with Crippen molar-refractivity contribution in [1.82, 2.24) is 24.8 Å². The second-order valence-corrected chi connectivity index (χ2v) is 8.69. The van der Waals surface area contributed by atoms with Crippen LogP contribution in [0.25, 0.3) is 27.8 Å². The Balaban J connectivity index is 1.37. The highest BCUT2D eigenvalue weighted by molar-refractivity contribution is 5.86. The number of fused-ring (bicyclic) bond motifs is 2. The number of carbonyl (C=O) groups excluding carboxylic acids is 1. The minimum absolute atomic E-state index is 0.177. The van der Waals surface area contributed by atoms with E-state index >= 15 is 0 Å². The summed E-state index contributed by atoms with van der Waals surface area (Å²) in [6, 6.07) is 21.2. The maximum atomic E-state index is 11.5. The van der Waals surface area contributed by atoms with E-state index in [1.807, 2.05) is 60.7 Å². The zero-order valence-electron chi connectivity index (χ0n) is 20.4. The van der Waals surface area contributed by atoms with Crippen molar-refractivity contribution in [2.24, 2.45) is 0 Å². The van der Waals surface area contributed by atoms with Crippen LogP contribution in [-0.2, 0) is 16.1 Å². The molecule has 0 amide bonds. The lowest BCUT2D eigenvalue weighted by molar-refractivity contribution is -0.145. The molecule has 0 radical (unpaired) electrons. The third kappa shape index (κ3) is 5.31. The number of benzene rings is 2. The Bertz CT molecular complexity index is 1680. The fourth-order valence-corrected chi connectivity index (χ4v) is 3.70. The molecule has 5 aromatic rings. The van der Waals surface area contributed by atoms with E-state index in [0.717, 1.165) is 33.8 Å². The van der Waals surface area contributed by atoms with Gasteiger partial charge in [-0.25, -0.2) is 4.79 Å². The van der Waals surface area contributed by atoms with E-state index in [9.17, 15) is 4.79 Å². The van der Waals surface area contributed by atoms with Crippen LogP contribution in [0.5, 0.6) is 5.75 Å². The van der Waals surface area contributed by atoms with Crippen molar-refractivity contribution >= 4 is 22.5 Å². The van der Waals surface area contributed by atoms with E-state index in [2.05, 4.69) is 33.6 Å². The molecular weight excluding hydrogens is 466 g/mol. The first kappa shape index (κ1) is 23.7. The lowest BCUT2D eigenvalue weighted by Crippen LogP contribution is -2.25. The summed E-state index contributed by atoms with van der Waals surface area (Å²) in [7, 11) is 0. The lowest BCUT2D eigenvalue weighted by Gasteiger charge is -2.17. The molecule has 3 heterocycles. The molecule has 0 unspecified atom stereocenters. The summed E-state index contributed by atoms with van der Waals surface area (Å²) >= 11 is 0. The number of ether oxygens (including phenoxy) is 2. The maximum Gasteiger partial charge on any atom is 0.331 e. The quantitative estimate of drug-likeness (QED) is 0.193. The molecule has 0 atom stereocenters. The highest BCUT2D eigenvalue weighted by Gasteiger charge is 2.18. The molecule has 0 aliphatic heterocycles. The predicted octanol–water partition coefficient (Wildman–Crippen LogP) is 4.78. The second-order valence-electron chi connectivity index (χ2n) is 8.69. The monoisotopic (exact) mass is 489 g/mol. The second kappa shape index (κ2) is 9.91. The summed E-state index contributed by atoms with van der Waals surface area (Å²) in [5.41, 5.74) is 2.98. The Morgan fingerprint density at radius 2 is 1.92 bits per heavy atom. The van der Waals surface area contributed by atoms with Crippen molar-refractivity contribution in [3.63, 3.8) is 0 Å². The molecule has 182 valence electrons. The minimum Gasteiger partial charge on any atom is -0.485 e. The van der Waals surface area contributed by atoms with Gasteiger partial charge < -0.3 is 9.47 Å². The van der Waals surface area contributed by atoms with Crippen molar-refractivity contribution in [3.05, 3.63) is 97.0 Å². The first-order valence-corrected chi connectivity index (χ1v) is 11.6. The van der Waals surface area contributed by atoms with Crippen LogP contribution in [0.2, 0.25) is 0 Å². The summed E-state index contributed by atoms with van der Waals surface area (Å²) in [6.07, 6.45) is 2.80. The topological polar surface area (TPSA) is 91.5 Å². The molecule has 3 aromatic heterocycles. The third-order valence-electron chi connectivity index (χ3n) is 5.49. The molecule has 0 aliphatic rings. The number of hydrogen-bond donors (Lipinski definition) is 0. The lowest BCUT2D eigenvalue weighted by atomic mass is 10.1. The van der Waals surface area contributed by atoms with Crippen LogP contribution in [0.1, 0.15) is 25.2 Å². The molecule has 0 fully saturated rings. The molecule has 0 bridgehead atoms. The molecule has 0 saturated heterocycles. The van der Waals surface area contributed by atoms with Crippen LogP contribution < -0.4 is 4.74 Å². The van der Waals surface area contributed by atoms with E-state index < -0.39 is 11.6 Å². The molecule has 0 aliphatic carbocycles. The Morgan fingerprint density at radius 3 is 2.73 bits per heavy atom. The largest absolute Gasteiger partial charge is 0.485 e. The fraction of sp³-hybridized carbons (Fsp3) is 0.138. The van der Waals surface area contributed by atoms with Gasteiger partial charge in [-0.1, -0.05) is 48.8 Å². The van der Waals surface area contributed by atoms with Gasteiger partial charge in [0, 0.05) is 28.8 Å². The molecule has 5 rings (SSSR count). The number of nitrogens with zero attached hydrogens (tertiary/aromatic N) is 5. The zero-order valence-corrected chi connectivity index (χ0v) is 20.4. The Hall–Kier alpha value is -5.03. The summed E-state index contributed by atoms with van der Waals surface area (Å²) in [5.74, 6) is 6.73. The van der Waals surface area contributed by atoms with Gasteiger partial charge >= 0.3 is 5.97 Å². The molecule has 0 saturated carbocycles. The molecule has 37 heavy (non-hydrogen) atoms. The van der Waals surface area contributed by atoms with Crippen molar-refractivity contribution in [1.29, 1.82) is 0 Å². The molecule has 8 heteroatoms. The summed E-state index contributed by atoms with van der Waals surface area (Å²) in [5, 5.41) is 14.0. The SMILES string of the molecule is C=CC(=O)OC(C)(C)C#Cc1ccc2c(OCc3nnc4ccc(-c5ccccc5)nn34)ccnc2c1. The van der Waals surface area contributed by atoms with Gasteiger partial charge in [-0.15, -0.1) is 10.2 Å². The normalized spacial score (nSPS) is 11.1. The van der Waals surface area contributed by atoms with Gasteiger partial charge in [0.25, 0.3) is 0 Å². The van der Waals surface area contributed by atoms with E-state index in [1.165, 1.54) is 0 Å². The van der Waals surface area contributed by atoms with Crippen molar-refractivity contribution < 1.29 is 14.3 Å². The van der Waals surface area contributed by atoms with Gasteiger partial charge in [-0.2, -0.15) is 9.61 Å². The van der Waals surface area contributed by atoms with E-state index in [4.69, 9.17) is 14.6 Å². The van der Waals surface area contributed by atoms with E-state index in [1.54, 1.807) is 30.6 Å². The number of aromatic nitrogens is 5. The van der Waals surface area contributed by atoms with Crippen molar-refractivity contribution in [2.45, 2.75) is 26.1 Å². The Kier molecular flexibility index (Phi) is 6.35. The average molecular weight is 490 g/mol. The van der Waals surface area contributed by atoms with Gasteiger partial charge in [0.05, 0.1) is 11.2 Å². The minimum atomic E-state index is -0.950. The summed E-state index contributed by atoms with van der Waals surface area (Å²) in [4.78, 5) is 16.0. The number of carbonyl (C=O) groups is 1. The Morgan fingerprint density at radius 1 is 1.08 bits per heavy atom. The van der Waals surface area contributed by atoms with Gasteiger partial charge in [-0.3, -0.25) is 4.98 Å². The number of esters is 1. The van der Waals surface area contributed by atoms with Crippen LogP contribution in [0, 0.1) is 11.8 Å². The van der Waals surface area contributed by atoms with Gasteiger partial charge in [0.1, 0.15) is 12.4 Å². The van der Waals surface area contributed by atoms with Crippen LogP contribution in [0.15, 0.2) is 85.6 Å². The molecule has 8 nitrogen and oxygen atoms in total. The van der Waals surface area contributed by atoms with Gasteiger partial charge in [0.2, 0.25) is 0 Å². The molecule has 0 spiro atoms. The smallest absolute Gasteiger partial charge is 0.331 e. The van der Waals surface area contributed by atoms with E-state index in [-0.39, 0.29) is 6.61 Å². The average Bonchev–Trinajstić information content (AvgIpc) is 3.33. The predicted molar refractivity (Wildman–Crippen MR) is 140 cm³/mol. The summed E-state index contributed by atoms with van der Waals surface area (Å²) in [6.45, 7) is 7.03. The van der Waals surface area contributed by atoms with Crippen LogP contribution >= 0.6 is 0 Å². The highest BCUT2D eigenvalue weighted by Crippen LogP contribution is 2.26. The van der Waals surface area contributed by atoms with Crippen LogP contribution in [-0.4, -0.2) is 36.4 Å². The molecular formula is C29H23N5O3. The first-order valence-electron chi connectivity index (χ1n) is 11.6. The number of hydrogen-bond acceptors (Lipinski definition) is 7. The molecule has 0 N–H and O–H groups in total. The zero-order chi connectivity index (χ0) is 25.8. The van der Waals surface area contributed by atoms with Crippen LogP contribution in [0.3, 0.4) is 0 Å². The van der Waals surface area contributed by atoms with Gasteiger partial charge in [-0.05, 0) is 50.2 Å². The fourth-order valence-electron chi connectivity index (χ4n) is 3.70. The maximum absolute atomic E-state index is 11.5. The highest BCUT2D eigenvalue weighted by atomic mass is 16.6. The van der Waals surface area contributed by atoms with E-state index in [0.29, 0.717) is 17.2 Å². The third-order valence-corrected chi connectivity index (χ3v) is 5.49. The summed E-state index contributed by atoms with van der Waals surface area (Å²) < 4.78 is 13.1. The van der Waals surface area contributed by atoms with Crippen molar-refractivity contribution in [2.75, 3.05) is 0 Å².